The number of benzene rings is 1. The SMILES string of the molecule is C=Cc1c(C(=C)C#N)c(CCCCC)cc(CC(C)C)c1C1C=C(C)CCC1. The molecule has 1 atom stereocenters. The van der Waals surface area contributed by atoms with Crippen molar-refractivity contribution in [3.63, 3.8) is 0 Å². The minimum atomic E-state index is 0.422. The summed E-state index contributed by atoms with van der Waals surface area (Å²) in [6.45, 7) is 17.3. The molecule has 0 aliphatic heterocycles. The smallest absolute Gasteiger partial charge is 0.0991 e. The van der Waals surface area contributed by atoms with Gasteiger partial charge in [0.15, 0.2) is 0 Å². The molecule has 0 amide bonds. The van der Waals surface area contributed by atoms with Crippen molar-refractivity contribution in [3.05, 3.63) is 58.7 Å². The van der Waals surface area contributed by atoms with Crippen LogP contribution in [-0.2, 0) is 12.8 Å². The molecule has 0 fully saturated rings. The van der Waals surface area contributed by atoms with Crippen molar-refractivity contribution in [3.8, 4) is 6.07 Å². The van der Waals surface area contributed by atoms with Gasteiger partial charge in [-0.2, -0.15) is 5.26 Å². The zero-order chi connectivity index (χ0) is 20.7. The van der Waals surface area contributed by atoms with Gasteiger partial charge >= 0.3 is 0 Å². The first-order chi connectivity index (χ1) is 13.4. The molecule has 0 spiro atoms. The van der Waals surface area contributed by atoms with Crippen LogP contribution in [0.2, 0.25) is 0 Å². The van der Waals surface area contributed by atoms with Crippen molar-refractivity contribution in [1.29, 1.82) is 5.26 Å². The lowest BCUT2D eigenvalue weighted by Gasteiger charge is -2.28. The Labute approximate surface area is 172 Å². The van der Waals surface area contributed by atoms with E-state index in [-0.39, 0.29) is 0 Å². The van der Waals surface area contributed by atoms with Crippen LogP contribution in [0.1, 0.15) is 100.0 Å². The molecular weight excluding hydrogens is 338 g/mol. The predicted octanol–water partition coefficient (Wildman–Crippen LogP) is 8.01. The van der Waals surface area contributed by atoms with Crippen LogP contribution in [0.3, 0.4) is 0 Å². The zero-order valence-corrected chi connectivity index (χ0v) is 18.4. The van der Waals surface area contributed by atoms with E-state index in [1.165, 1.54) is 54.4 Å². The van der Waals surface area contributed by atoms with Crippen LogP contribution in [0.15, 0.2) is 30.9 Å². The third kappa shape index (κ3) is 5.26. The maximum Gasteiger partial charge on any atom is 0.0991 e. The first-order valence-corrected chi connectivity index (χ1v) is 11.0. The van der Waals surface area contributed by atoms with Gasteiger partial charge in [0.1, 0.15) is 0 Å². The molecule has 0 aromatic heterocycles. The number of rotatable bonds is 9. The van der Waals surface area contributed by atoms with Crippen molar-refractivity contribution < 1.29 is 0 Å². The van der Waals surface area contributed by atoms with E-state index in [0.29, 0.717) is 17.4 Å². The summed E-state index contributed by atoms with van der Waals surface area (Å²) in [6, 6.07) is 4.72. The van der Waals surface area contributed by atoms with Crippen molar-refractivity contribution in [2.45, 2.75) is 85.0 Å². The third-order valence-corrected chi connectivity index (χ3v) is 5.84. The van der Waals surface area contributed by atoms with Gasteiger partial charge in [-0.3, -0.25) is 0 Å². The molecule has 1 aliphatic carbocycles. The van der Waals surface area contributed by atoms with E-state index in [2.05, 4.69) is 59.1 Å². The molecule has 1 unspecified atom stereocenters. The summed E-state index contributed by atoms with van der Waals surface area (Å²) in [5, 5.41) is 9.67. The fourth-order valence-corrected chi connectivity index (χ4v) is 4.61. The summed E-state index contributed by atoms with van der Waals surface area (Å²) >= 11 is 0. The van der Waals surface area contributed by atoms with Gasteiger partial charge in [-0.25, -0.2) is 0 Å². The van der Waals surface area contributed by atoms with Crippen LogP contribution < -0.4 is 0 Å². The number of hydrogen-bond acceptors (Lipinski definition) is 1. The van der Waals surface area contributed by atoms with Gasteiger partial charge in [-0.15, -0.1) is 0 Å². The van der Waals surface area contributed by atoms with E-state index in [9.17, 15) is 5.26 Å². The quantitative estimate of drug-likeness (QED) is 0.243. The minimum absolute atomic E-state index is 0.422. The summed E-state index contributed by atoms with van der Waals surface area (Å²) in [5.41, 5.74) is 8.39. The molecule has 0 saturated carbocycles. The van der Waals surface area contributed by atoms with Gasteiger partial charge in [0.2, 0.25) is 0 Å². The van der Waals surface area contributed by atoms with Gasteiger partial charge in [0, 0.05) is 11.5 Å². The Bertz CT molecular complexity index is 785. The topological polar surface area (TPSA) is 23.8 Å². The Balaban J connectivity index is 2.72. The Kier molecular flexibility index (Phi) is 8.31. The van der Waals surface area contributed by atoms with Gasteiger partial charge in [0.25, 0.3) is 0 Å². The third-order valence-electron chi connectivity index (χ3n) is 5.84. The Hall–Kier alpha value is -2.07. The number of nitrogens with zero attached hydrogens (tertiary/aromatic N) is 1. The summed E-state index contributed by atoms with van der Waals surface area (Å²) < 4.78 is 0. The molecule has 1 aromatic rings. The molecule has 28 heavy (non-hydrogen) atoms. The molecule has 0 heterocycles. The van der Waals surface area contributed by atoms with Crippen LogP contribution in [0.25, 0.3) is 11.6 Å². The maximum absolute atomic E-state index is 9.67. The Morgan fingerprint density at radius 2 is 2.07 bits per heavy atom. The molecule has 1 aromatic carbocycles. The summed E-state index contributed by atoms with van der Waals surface area (Å²) in [5.74, 6) is 1.02. The second kappa shape index (κ2) is 10.5. The minimum Gasteiger partial charge on any atom is -0.192 e. The maximum atomic E-state index is 9.67. The molecule has 1 heteroatoms. The van der Waals surface area contributed by atoms with Crippen LogP contribution in [0, 0.1) is 17.2 Å². The normalized spacial score (nSPS) is 16.6. The molecule has 0 saturated heterocycles. The molecule has 0 N–H and O–H groups in total. The average molecular weight is 376 g/mol. The number of nitriles is 1. The van der Waals surface area contributed by atoms with Gasteiger partial charge in [0.05, 0.1) is 11.6 Å². The molecule has 150 valence electrons. The highest BCUT2D eigenvalue weighted by atomic mass is 14.3. The molecule has 2 rings (SSSR count). The molecule has 0 bridgehead atoms. The Morgan fingerprint density at radius 3 is 2.64 bits per heavy atom. The zero-order valence-electron chi connectivity index (χ0n) is 18.4. The van der Waals surface area contributed by atoms with Crippen molar-refractivity contribution in [2.24, 2.45) is 5.92 Å². The van der Waals surface area contributed by atoms with E-state index in [4.69, 9.17) is 0 Å². The van der Waals surface area contributed by atoms with Crippen LogP contribution in [0.4, 0.5) is 0 Å². The lowest BCUT2D eigenvalue weighted by Crippen LogP contribution is -2.13. The predicted molar refractivity (Wildman–Crippen MR) is 123 cm³/mol. The van der Waals surface area contributed by atoms with Gasteiger partial charge < -0.3 is 0 Å². The van der Waals surface area contributed by atoms with E-state index in [0.717, 1.165) is 30.4 Å². The summed E-state index contributed by atoms with van der Waals surface area (Å²) in [7, 11) is 0. The number of unbranched alkanes of at least 4 members (excludes halogenated alkanes) is 2. The first kappa shape index (κ1) is 22.2. The monoisotopic (exact) mass is 375 g/mol. The fourth-order valence-electron chi connectivity index (χ4n) is 4.61. The van der Waals surface area contributed by atoms with Crippen LogP contribution >= 0.6 is 0 Å². The molecule has 0 radical (unpaired) electrons. The highest BCUT2D eigenvalue weighted by Gasteiger charge is 2.24. The largest absolute Gasteiger partial charge is 0.192 e. The molecule has 1 aliphatic rings. The van der Waals surface area contributed by atoms with Gasteiger partial charge in [-0.1, -0.05) is 70.6 Å². The number of aryl methyl sites for hydroxylation is 1. The average Bonchev–Trinajstić information content (AvgIpc) is 2.66. The van der Waals surface area contributed by atoms with Crippen LogP contribution in [-0.4, -0.2) is 0 Å². The van der Waals surface area contributed by atoms with E-state index in [1.54, 1.807) is 0 Å². The van der Waals surface area contributed by atoms with Crippen molar-refractivity contribution >= 4 is 11.6 Å². The number of allylic oxidation sites excluding steroid dienone is 3. The van der Waals surface area contributed by atoms with Crippen LogP contribution in [0.5, 0.6) is 0 Å². The summed E-state index contributed by atoms with van der Waals surface area (Å²) in [4.78, 5) is 0. The number of hydrogen-bond donors (Lipinski definition) is 0. The molecular formula is C27H37N. The fraction of sp³-hybridized carbons (Fsp3) is 0.519. The van der Waals surface area contributed by atoms with Crippen molar-refractivity contribution in [2.75, 3.05) is 0 Å². The lowest BCUT2D eigenvalue weighted by atomic mass is 9.76. The van der Waals surface area contributed by atoms with E-state index < -0.39 is 0 Å². The highest BCUT2D eigenvalue weighted by molar-refractivity contribution is 5.84. The second-order valence-electron chi connectivity index (χ2n) is 8.76. The van der Waals surface area contributed by atoms with Crippen molar-refractivity contribution in [1.82, 2.24) is 0 Å². The lowest BCUT2D eigenvalue weighted by molar-refractivity contribution is 0.606. The second-order valence-corrected chi connectivity index (χ2v) is 8.76. The highest BCUT2D eigenvalue weighted by Crippen LogP contribution is 2.40. The first-order valence-electron chi connectivity index (χ1n) is 11.0. The molecule has 1 nitrogen and oxygen atoms in total. The Morgan fingerprint density at radius 1 is 1.32 bits per heavy atom. The standard InChI is InChI=1S/C27H37N/c1-7-9-10-13-23-17-24(15-19(3)4)27(22-14-11-12-20(5)16-22)25(8-2)26(23)21(6)18-28/h8,16-17,19,22H,2,6-7,9-15H2,1,3-5H3. The van der Waals surface area contributed by atoms with E-state index in [1.807, 2.05) is 6.08 Å². The van der Waals surface area contributed by atoms with Gasteiger partial charge in [-0.05, 0) is 73.6 Å². The summed E-state index contributed by atoms with van der Waals surface area (Å²) in [6.07, 6.45) is 13.7. The van der Waals surface area contributed by atoms with E-state index >= 15 is 0 Å².